The van der Waals surface area contributed by atoms with E-state index in [0.29, 0.717) is 0 Å². The van der Waals surface area contributed by atoms with Crippen LogP contribution in [0.25, 0.3) is 0 Å². The van der Waals surface area contributed by atoms with Crippen LogP contribution in [0.15, 0.2) is 36.5 Å². The second kappa shape index (κ2) is 4.88. The van der Waals surface area contributed by atoms with E-state index in [1.165, 1.54) is 18.1 Å². The number of benzene rings is 1. The van der Waals surface area contributed by atoms with Crippen LogP contribution in [-0.4, -0.2) is 15.7 Å². The summed E-state index contributed by atoms with van der Waals surface area (Å²) in [7, 11) is 0. The van der Waals surface area contributed by atoms with E-state index in [1.54, 1.807) is 6.20 Å². The molecule has 0 spiro atoms. The fraction of sp³-hybridized carbons (Fsp3) is 0.333. The summed E-state index contributed by atoms with van der Waals surface area (Å²) in [4.78, 5) is 11.2. The van der Waals surface area contributed by atoms with E-state index in [4.69, 9.17) is 0 Å². The van der Waals surface area contributed by atoms with Crippen molar-refractivity contribution in [2.24, 2.45) is 0 Å². The third-order valence-electron chi connectivity index (χ3n) is 3.61. The van der Waals surface area contributed by atoms with E-state index in [2.05, 4.69) is 34.7 Å². The first kappa shape index (κ1) is 12.0. The van der Waals surface area contributed by atoms with Crippen LogP contribution in [0.1, 0.15) is 36.9 Å². The van der Waals surface area contributed by atoms with Crippen molar-refractivity contribution >= 4 is 11.7 Å². The van der Waals surface area contributed by atoms with Crippen molar-refractivity contribution in [1.82, 2.24) is 9.78 Å². The van der Waals surface area contributed by atoms with Gasteiger partial charge in [-0.2, -0.15) is 5.10 Å². The first-order valence-corrected chi connectivity index (χ1v) is 6.64. The van der Waals surface area contributed by atoms with Gasteiger partial charge in [0.1, 0.15) is 5.82 Å². The Morgan fingerprint density at radius 3 is 3.05 bits per heavy atom. The zero-order valence-electron chi connectivity index (χ0n) is 11.0. The lowest BCUT2D eigenvalue weighted by Crippen LogP contribution is -2.21. The Bertz CT molecular complexity index is 603. The standard InChI is InChI=1S/C15H17N3O/c1-11(19)17-15-9-10-16-18(15)14-8-4-6-12-5-2-3-7-13(12)14/h2-3,5,7,9-10,14H,4,6,8H2,1H3,(H,17,19). The number of rotatable bonds is 2. The molecule has 0 saturated heterocycles. The van der Waals surface area contributed by atoms with Crippen molar-refractivity contribution < 1.29 is 4.79 Å². The van der Waals surface area contributed by atoms with Gasteiger partial charge in [0.05, 0.1) is 12.2 Å². The molecule has 2 aromatic rings. The summed E-state index contributed by atoms with van der Waals surface area (Å²) in [5.74, 6) is 0.708. The zero-order valence-corrected chi connectivity index (χ0v) is 11.0. The molecule has 1 aromatic carbocycles. The van der Waals surface area contributed by atoms with Gasteiger partial charge in [-0.1, -0.05) is 24.3 Å². The minimum atomic E-state index is -0.0640. The summed E-state index contributed by atoms with van der Waals surface area (Å²) in [6.45, 7) is 1.52. The lowest BCUT2D eigenvalue weighted by molar-refractivity contribution is -0.114. The second-order valence-corrected chi connectivity index (χ2v) is 4.95. The molecule has 1 aromatic heterocycles. The first-order chi connectivity index (χ1) is 9.25. The SMILES string of the molecule is CC(=O)Nc1ccnn1C1CCCc2ccccc21. The molecular weight excluding hydrogens is 238 g/mol. The van der Waals surface area contributed by atoms with Gasteiger partial charge in [-0.05, 0) is 30.4 Å². The molecular formula is C15H17N3O. The zero-order chi connectivity index (χ0) is 13.2. The number of aryl methyl sites for hydroxylation is 1. The van der Waals surface area contributed by atoms with Gasteiger partial charge < -0.3 is 5.32 Å². The molecule has 1 unspecified atom stereocenters. The second-order valence-electron chi connectivity index (χ2n) is 4.95. The van der Waals surface area contributed by atoms with E-state index in [1.807, 2.05) is 10.7 Å². The van der Waals surface area contributed by atoms with E-state index in [9.17, 15) is 4.79 Å². The Kier molecular flexibility index (Phi) is 3.07. The number of nitrogens with zero attached hydrogens (tertiary/aromatic N) is 2. The van der Waals surface area contributed by atoms with Crippen molar-refractivity contribution in [2.45, 2.75) is 32.2 Å². The average molecular weight is 255 g/mol. The van der Waals surface area contributed by atoms with Crippen LogP contribution in [0, 0.1) is 0 Å². The quantitative estimate of drug-likeness (QED) is 0.897. The number of carbonyl (C=O) groups is 1. The lowest BCUT2D eigenvalue weighted by Gasteiger charge is -2.27. The molecule has 0 saturated carbocycles. The Morgan fingerprint density at radius 2 is 2.21 bits per heavy atom. The largest absolute Gasteiger partial charge is 0.311 e. The first-order valence-electron chi connectivity index (χ1n) is 6.64. The van der Waals surface area contributed by atoms with Crippen molar-refractivity contribution in [1.29, 1.82) is 0 Å². The van der Waals surface area contributed by atoms with E-state index < -0.39 is 0 Å². The number of nitrogens with one attached hydrogen (secondary N) is 1. The maximum Gasteiger partial charge on any atom is 0.222 e. The number of aromatic nitrogens is 2. The Labute approximate surface area is 112 Å². The molecule has 0 fully saturated rings. The number of hydrogen-bond acceptors (Lipinski definition) is 2. The normalized spacial score (nSPS) is 17.8. The Balaban J connectivity index is 2.00. The third-order valence-corrected chi connectivity index (χ3v) is 3.61. The highest BCUT2D eigenvalue weighted by molar-refractivity contribution is 5.87. The predicted molar refractivity (Wildman–Crippen MR) is 74.0 cm³/mol. The van der Waals surface area contributed by atoms with Crippen LogP contribution in [0.3, 0.4) is 0 Å². The molecule has 4 heteroatoms. The van der Waals surface area contributed by atoms with Crippen LogP contribution in [-0.2, 0) is 11.2 Å². The monoisotopic (exact) mass is 255 g/mol. The lowest BCUT2D eigenvalue weighted by atomic mass is 9.88. The highest BCUT2D eigenvalue weighted by Gasteiger charge is 2.23. The third kappa shape index (κ3) is 2.26. The highest BCUT2D eigenvalue weighted by Crippen LogP contribution is 2.33. The van der Waals surface area contributed by atoms with Gasteiger partial charge in [-0.15, -0.1) is 0 Å². The summed E-state index contributed by atoms with van der Waals surface area (Å²) in [6.07, 6.45) is 5.08. The minimum absolute atomic E-state index is 0.0640. The summed E-state index contributed by atoms with van der Waals surface area (Å²) >= 11 is 0. The molecule has 0 bridgehead atoms. The van der Waals surface area contributed by atoms with Crippen LogP contribution >= 0.6 is 0 Å². The molecule has 1 N–H and O–H groups in total. The molecule has 1 amide bonds. The maximum absolute atomic E-state index is 11.2. The van der Waals surface area contributed by atoms with Crippen LogP contribution < -0.4 is 5.32 Å². The van der Waals surface area contributed by atoms with Gasteiger partial charge in [-0.25, -0.2) is 4.68 Å². The highest BCUT2D eigenvalue weighted by atomic mass is 16.1. The van der Waals surface area contributed by atoms with Gasteiger partial charge in [0.2, 0.25) is 5.91 Å². The van der Waals surface area contributed by atoms with Crippen molar-refractivity contribution in [3.63, 3.8) is 0 Å². The summed E-state index contributed by atoms with van der Waals surface area (Å²) in [6, 6.07) is 10.6. The molecule has 4 nitrogen and oxygen atoms in total. The van der Waals surface area contributed by atoms with Gasteiger partial charge in [0, 0.05) is 13.0 Å². The van der Waals surface area contributed by atoms with Crippen LogP contribution in [0.2, 0.25) is 0 Å². The maximum atomic E-state index is 11.2. The van der Waals surface area contributed by atoms with Gasteiger partial charge in [0.25, 0.3) is 0 Å². The topological polar surface area (TPSA) is 46.9 Å². The fourth-order valence-electron chi connectivity index (χ4n) is 2.82. The van der Waals surface area contributed by atoms with Crippen molar-refractivity contribution in [2.75, 3.05) is 5.32 Å². The molecule has 19 heavy (non-hydrogen) atoms. The Hall–Kier alpha value is -2.10. The number of hydrogen-bond donors (Lipinski definition) is 1. The minimum Gasteiger partial charge on any atom is -0.311 e. The molecule has 3 rings (SSSR count). The number of amides is 1. The molecule has 1 aliphatic carbocycles. The molecule has 0 aliphatic heterocycles. The smallest absolute Gasteiger partial charge is 0.222 e. The summed E-state index contributed by atoms with van der Waals surface area (Å²) in [5, 5.41) is 7.24. The molecule has 0 radical (unpaired) electrons. The van der Waals surface area contributed by atoms with Crippen molar-refractivity contribution in [3.05, 3.63) is 47.7 Å². The van der Waals surface area contributed by atoms with Crippen molar-refractivity contribution in [3.8, 4) is 0 Å². The van der Waals surface area contributed by atoms with E-state index >= 15 is 0 Å². The van der Waals surface area contributed by atoms with Crippen LogP contribution in [0.4, 0.5) is 5.82 Å². The summed E-state index contributed by atoms with van der Waals surface area (Å²) in [5.41, 5.74) is 2.71. The number of anilines is 1. The predicted octanol–water partition coefficient (Wildman–Crippen LogP) is 2.77. The number of carbonyl (C=O) groups excluding carboxylic acids is 1. The van der Waals surface area contributed by atoms with E-state index in [-0.39, 0.29) is 11.9 Å². The molecule has 98 valence electrons. The molecule has 1 aliphatic rings. The molecule has 1 heterocycles. The average Bonchev–Trinajstić information content (AvgIpc) is 2.85. The van der Waals surface area contributed by atoms with Crippen LogP contribution in [0.5, 0.6) is 0 Å². The summed E-state index contributed by atoms with van der Waals surface area (Å²) < 4.78 is 1.93. The molecule has 1 atom stereocenters. The van der Waals surface area contributed by atoms with Gasteiger partial charge in [-0.3, -0.25) is 4.79 Å². The van der Waals surface area contributed by atoms with Gasteiger partial charge in [0.15, 0.2) is 0 Å². The fourth-order valence-corrected chi connectivity index (χ4v) is 2.82. The Morgan fingerprint density at radius 1 is 1.37 bits per heavy atom. The number of fused-ring (bicyclic) bond motifs is 1. The van der Waals surface area contributed by atoms with E-state index in [0.717, 1.165) is 25.1 Å². The van der Waals surface area contributed by atoms with Gasteiger partial charge >= 0.3 is 0 Å².